The molecule has 49 heavy (non-hydrogen) atoms. The number of allylic oxidation sites excluding steroid dienone is 1. The van der Waals surface area contributed by atoms with Crippen molar-refractivity contribution >= 4 is 45.8 Å². The van der Waals surface area contributed by atoms with Crippen LogP contribution in [0.25, 0.3) is 11.0 Å². The molecule has 0 unspecified atom stereocenters. The molecule has 12 heteroatoms. The van der Waals surface area contributed by atoms with Crippen LogP contribution in [0.4, 0.5) is 11.4 Å². The van der Waals surface area contributed by atoms with E-state index in [1.807, 2.05) is 25.1 Å². The molecule has 2 aliphatic rings. The standard InChI is InChI=1S/C37H37N7O5/c1-24-19-27-21-29(10-11-32(27)49-24)40-35(42-31-9-2-3-18-44(37(31)48)23-33(45)43-16-4-5-17-43)30(22-38)34(46)25-7-6-8-26(20-25)36(47)41-28-12-14-39-15-13-28/h6-8,10-15,19-21,31,40,42H,2-5,9,16-18,23H2,1H3,(H,39,41,47)/b35-30-/t31-/m0/s1. The number of benzene rings is 2. The number of ketones is 1. The van der Waals surface area contributed by atoms with Gasteiger partial charge in [0.05, 0.1) is 6.54 Å². The van der Waals surface area contributed by atoms with Gasteiger partial charge >= 0.3 is 0 Å². The zero-order chi connectivity index (χ0) is 34.3. The summed E-state index contributed by atoms with van der Waals surface area (Å²) in [5, 5.41) is 20.4. The number of anilines is 2. The molecule has 0 saturated carbocycles. The molecule has 3 amide bonds. The van der Waals surface area contributed by atoms with Crippen LogP contribution in [0.1, 0.15) is 58.6 Å². The molecule has 2 aromatic carbocycles. The Morgan fingerprint density at radius 3 is 2.45 bits per heavy atom. The third-order valence-corrected chi connectivity index (χ3v) is 8.71. The van der Waals surface area contributed by atoms with Crippen molar-refractivity contribution in [1.29, 1.82) is 5.26 Å². The number of nitrogens with zero attached hydrogens (tertiary/aromatic N) is 4. The Kier molecular flexibility index (Phi) is 9.99. The Balaban J connectivity index is 1.31. The topological polar surface area (TPSA) is 161 Å². The molecule has 1 atom stereocenters. The van der Waals surface area contributed by atoms with Crippen LogP contribution in [0.5, 0.6) is 0 Å². The average Bonchev–Trinajstić information content (AvgIpc) is 3.75. The van der Waals surface area contributed by atoms with Gasteiger partial charge in [-0.1, -0.05) is 12.1 Å². The number of hydrogen-bond acceptors (Lipinski definition) is 9. The Labute approximate surface area is 283 Å². The predicted molar refractivity (Wildman–Crippen MR) is 183 cm³/mol. The molecule has 4 heterocycles. The third-order valence-electron chi connectivity index (χ3n) is 8.71. The Hall–Kier alpha value is -5.96. The summed E-state index contributed by atoms with van der Waals surface area (Å²) in [4.78, 5) is 61.3. The lowest BCUT2D eigenvalue weighted by atomic mass is 10.0. The Morgan fingerprint density at radius 1 is 0.918 bits per heavy atom. The minimum atomic E-state index is -0.801. The van der Waals surface area contributed by atoms with Gasteiger partial charge in [0.1, 0.15) is 34.8 Å². The number of pyridine rings is 1. The van der Waals surface area contributed by atoms with Gasteiger partial charge in [-0.3, -0.25) is 24.2 Å². The zero-order valence-corrected chi connectivity index (χ0v) is 27.2. The van der Waals surface area contributed by atoms with Gasteiger partial charge in [-0.2, -0.15) is 5.26 Å². The molecule has 2 aliphatic heterocycles. The van der Waals surface area contributed by atoms with E-state index in [4.69, 9.17) is 4.42 Å². The number of carbonyl (C=O) groups excluding carboxylic acids is 4. The molecule has 2 saturated heterocycles. The summed E-state index contributed by atoms with van der Waals surface area (Å²) in [6, 6.07) is 17.9. The van der Waals surface area contributed by atoms with Crippen molar-refractivity contribution in [3.05, 3.63) is 101 Å². The molecule has 0 spiro atoms. The fourth-order valence-electron chi connectivity index (χ4n) is 6.17. The van der Waals surface area contributed by atoms with Gasteiger partial charge in [0.15, 0.2) is 0 Å². The van der Waals surface area contributed by atoms with Gasteiger partial charge in [0.25, 0.3) is 5.91 Å². The first kappa shape index (κ1) is 33.0. The second-order valence-electron chi connectivity index (χ2n) is 12.2. The van der Waals surface area contributed by atoms with Crippen molar-refractivity contribution in [2.45, 2.75) is 45.1 Å². The number of fused-ring (bicyclic) bond motifs is 1. The predicted octanol–water partition coefficient (Wildman–Crippen LogP) is 5.01. The van der Waals surface area contributed by atoms with Crippen LogP contribution in [0.3, 0.4) is 0 Å². The van der Waals surface area contributed by atoms with E-state index < -0.39 is 17.7 Å². The molecule has 3 N–H and O–H groups in total. The number of rotatable bonds is 10. The van der Waals surface area contributed by atoms with Gasteiger partial charge in [-0.05, 0) is 87.6 Å². The van der Waals surface area contributed by atoms with Crippen LogP contribution < -0.4 is 16.0 Å². The van der Waals surface area contributed by atoms with E-state index in [1.54, 1.807) is 58.6 Å². The number of hydrogen-bond donors (Lipinski definition) is 3. The summed E-state index contributed by atoms with van der Waals surface area (Å²) < 4.78 is 5.71. The molecule has 250 valence electrons. The molecular formula is C37H37N7O5. The molecule has 4 aromatic rings. The average molecular weight is 660 g/mol. The van der Waals surface area contributed by atoms with Gasteiger partial charge in [-0.25, -0.2) is 0 Å². The van der Waals surface area contributed by atoms with E-state index >= 15 is 0 Å². The molecule has 0 radical (unpaired) electrons. The van der Waals surface area contributed by atoms with Crippen LogP contribution in [0.15, 0.2) is 88.9 Å². The largest absolute Gasteiger partial charge is 0.461 e. The highest BCUT2D eigenvalue weighted by Gasteiger charge is 2.32. The van der Waals surface area contributed by atoms with Crippen molar-refractivity contribution in [3.63, 3.8) is 0 Å². The quantitative estimate of drug-likeness (QED) is 0.121. The number of aryl methyl sites for hydroxylation is 1. The minimum absolute atomic E-state index is 0.0155. The Bertz CT molecular complexity index is 1960. The maximum atomic E-state index is 14.0. The van der Waals surface area contributed by atoms with Crippen molar-refractivity contribution < 1.29 is 23.6 Å². The fraction of sp³-hybridized carbons (Fsp3) is 0.297. The van der Waals surface area contributed by atoms with Gasteiger partial charge in [0.2, 0.25) is 17.6 Å². The zero-order valence-electron chi connectivity index (χ0n) is 27.2. The molecule has 0 bridgehead atoms. The highest BCUT2D eigenvalue weighted by atomic mass is 16.3. The van der Waals surface area contributed by atoms with E-state index in [0.29, 0.717) is 49.4 Å². The van der Waals surface area contributed by atoms with Crippen LogP contribution in [0.2, 0.25) is 0 Å². The number of nitriles is 1. The minimum Gasteiger partial charge on any atom is -0.461 e. The number of amides is 3. The third kappa shape index (κ3) is 7.79. The first-order valence-corrected chi connectivity index (χ1v) is 16.4. The van der Waals surface area contributed by atoms with E-state index in [0.717, 1.165) is 30.4 Å². The first-order chi connectivity index (χ1) is 23.8. The number of Topliss-reactive ketones (excluding diaryl/α,β-unsaturated/α-hetero) is 1. The smallest absolute Gasteiger partial charge is 0.255 e. The lowest BCUT2D eigenvalue weighted by Gasteiger charge is -2.28. The molecule has 2 fully saturated rings. The van der Waals surface area contributed by atoms with E-state index in [2.05, 4.69) is 20.9 Å². The highest BCUT2D eigenvalue weighted by molar-refractivity contribution is 6.14. The van der Waals surface area contributed by atoms with Crippen molar-refractivity contribution in [2.75, 3.05) is 36.8 Å². The number of aromatic nitrogens is 1. The summed E-state index contributed by atoms with van der Waals surface area (Å²) in [5.74, 6) is -0.650. The molecular weight excluding hydrogens is 622 g/mol. The normalized spacial score (nSPS) is 16.8. The molecule has 12 nitrogen and oxygen atoms in total. The SMILES string of the molecule is Cc1cc2cc(N/C(N[C@H]3CCCCN(CC(=O)N4CCCC4)C3=O)=C(\C#N)C(=O)c3cccc(C(=O)Nc4ccncc4)c3)ccc2o1. The lowest BCUT2D eigenvalue weighted by molar-refractivity contribution is -0.140. The highest BCUT2D eigenvalue weighted by Crippen LogP contribution is 2.25. The van der Waals surface area contributed by atoms with Crippen LogP contribution >= 0.6 is 0 Å². The lowest BCUT2D eigenvalue weighted by Crippen LogP contribution is -2.49. The fourth-order valence-corrected chi connectivity index (χ4v) is 6.17. The second kappa shape index (κ2) is 14.9. The summed E-state index contributed by atoms with van der Waals surface area (Å²) in [7, 11) is 0. The summed E-state index contributed by atoms with van der Waals surface area (Å²) in [6.45, 7) is 3.66. The Morgan fingerprint density at radius 2 is 1.67 bits per heavy atom. The number of likely N-dealkylation sites (tertiary alicyclic amines) is 2. The monoisotopic (exact) mass is 659 g/mol. The van der Waals surface area contributed by atoms with Crippen LogP contribution in [0, 0.1) is 18.3 Å². The van der Waals surface area contributed by atoms with E-state index in [9.17, 15) is 24.4 Å². The number of furan rings is 1. The van der Waals surface area contributed by atoms with Crippen molar-refractivity contribution in [2.24, 2.45) is 0 Å². The van der Waals surface area contributed by atoms with Gasteiger partial charge in [-0.15, -0.1) is 0 Å². The molecule has 6 rings (SSSR count). The van der Waals surface area contributed by atoms with E-state index in [-0.39, 0.29) is 40.9 Å². The van der Waals surface area contributed by atoms with Crippen LogP contribution in [-0.2, 0) is 9.59 Å². The molecule has 0 aliphatic carbocycles. The van der Waals surface area contributed by atoms with Crippen molar-refractivity contribution in [1.82, 2.24) is 20.1 Å². The molecule has 2 aromatic heterocycles. The van der Waals surface area contributed by atoms with Crippen LogP contribution in [-0.4, -0.2) is 70.5 Å². The second-order valence-corrected chi connectivity index (χ2v) is 12.2. The summed E-state index contributed by atoms with van der Waals surface area (Å²) in [5.41, 5.74) is 1.85. The van der Waals surface area contributed by atoms with Gasteiger partial charge in [0, 0.05) is 59.9 Å². The van der Waals surface area contributed by atoms with E-state index in [1.165, 1.54) is 12.1 Å². The van der Waals surface area contributed by atoms with Gasteiger partial charge < -0.3 is 30.2 Å². The summed E-state index contributed by atoms with van der Waals surface area (Å²) in [6.07, 6.45) is 6.88. The van der Waals surface area contributed by atoms with Crippen molar-refractivity contribution in [3.8, 4) is 6.07 Å². The maximum absolute atomic E-state index is 14.0. The first-order valence-electron chi connectivity index (χ1n) is 16.4. The number of carbonyl (C=O) groups is 4. The maximum Gasteiger partial charge on any atom is 0.255 e. The number of nitrogens with one attached hydrogen (secondary N) is 3. The summed E-state index contributed by atoms with van der Waals surface area (Å²) >= 11 is 0.